The second-order valence-corrected chi connectivity index (χ2v) is 9.20. The average Bonchev–Trinajstić information content (AvgIpc) is 2.49. The molecule has 2 rings (SSSR count). The molecular weight excluding hydrogens is 464 g/mol. The molecule has 0 saturated heterocycles. The van der Waals surface area contributed by atoms with E-state index in [1.165, 1.54) is 0 Å². The highest BCUT2D eigenvalue weighted by atomic mass is 35.6. The Morgan fingerprint density at radius 2 is 0.739 bits per heavy atom. The van der Waals surface area contributed by atoms with Crippen LogP contribution in [0.1, 0.15) is 11.1 Å². The lowest BCUT2D eigenvalue weighted by Crippen LogP contribution is -1.98. The molecule has 23 heavy (non-hydrogen) atoms. The van der Waals surface area contributed by atoms with Gasteiger partial charge in [0, 0.05) is 11.1 Å². The standard InChI is InChI=1S/2C7H5Cl3.CH2Cl2/c2*8-7(9,10)6-4-2-1-3-5-6;2-1-3/h2*1-5H;1H2. The molecule has 0 spiro atoms. The first-order valence-corrected chi connectivity index (χ1v) is 9.33. The quantitative estimate of drug-likeness (QED) is 0.335. The zero-order valence-corrected chi connectivity index (χ0v) is 17.6. The Kier molecular flexibility index (Phi) is 12.6. The van der Waals surface area contributed by atoms with Crippen molar-refractivity contribution >= 4 is 92.8 Å². The van der Waals surface area contributed by atoms with E-state index in [1.807, 2.05) is 36.4 Å². The number of alkyl halides is 8. The van der Waals surface area contributed by atoms with E-state index >= 15 is 0 Å². The second kappa shape index (κ2) is 12.2. The van der Waals surface area contributed by atoms with Crippen molar-refractivity contribution in [3.8, 4) is 0 Å². The van der Waals surface area contributed by atoms with Gasteiger partial charge < -0.3 is 0 Å². The highest BCUT2D eigenvalue weighted by molar-refractivity contribution is 6.67. The van der Waals surface area contributed by atoms with Crippen LogP contribution in [-0.2, 0) is 7.59 Å². The van der Waals surface area contributed by atoms with Gasteiger partial charge in [-0.2, -0.15) is 0 Å². The van der Waals surface area contributed by atoms with Gasteiger partial charge in [-0.1, -0.05) is 130 Å². The maximum atomic E-state index is 5.59. The van der Waals surface area contributed by atoms with Crippen LogP contribution in [0, 0.1) is 0 Å². The van der Waals surface area contributed by atoms with Gasteiger partial charge in [-0.3, -0.25) is 0 Å². The van der Waals surface area contributed by atoms with Crippen LogP contribution < -0.4 is 0 Å². The van der Waals surface area contributed by atoms with Crippen LogP contribution in [0.3, 0.4) is 0 Å². The molecule has 0 N–H and O–H groups in total. The first-order chi connectivity index (χ1) is 10.6. The summed E-state index contributed by atoms with van der Waals surface area (Å²) in [6.45, 7) is 0. The van der Waals surface area contributed by atoms with Gasteiger partial charge in [0.05, 0.1) is 5.34 Å². The van der Waals surface area contributed by atoms with Gasteiger partial charge in [0.15, 0.2) is 0 Å². The molecule has 8 heteroatoms. The number of hydrogen-bond donors (Lipinski definition) is 0. The van der Waals surface area contributed by atoms with Crippen molar-refractivity contribution in [1.82, 2.24) is 0 Å². The fourth-order valence-corrected chi connectivity index (χ4v) is 2.01. The minimum absolute atomic E-state index is 0.194. The first-order valence-electron chi connectivity index (χ1n) is 5.99. The minimum Gasteiger partial charge on any atom is -0.109 e. The van der Waals surface area contributed by atoms with E-state index in [4.69, 9.17) is 92.8 Å². The minimum atomic E-state index is -1.29. The molecule has 0 saturated carbocycles. The van der Waals surface area contributed by atoms with E-state index in [1.54, 1.807) is 24.3 Å². The third kappa shape index (κ3) is 11.9. The molecule has 0 aliphatic rings. The topological polar surface area (TPSA) is 0 Å². The summed E-state index contributed by atoms with van der Waals surface area (Å²) in [6.07, 6.45) is 0. The van der Waals surface area contributed by atoms with Crippen molar-refractivity contribution in [3.63, 3.8) is 0 Å². The molecule has 0 amide bonds. The molecule has 0 radical (unpaired) electrons. The van der Waals surface area contributed by atoms with E-state index < -0.39 is 7.59 Å². The normalized spacial score (nSPS) is 10.8. The van der Waals surface area contributed by atoms with Crippen molar-refractivity contribution in [2.45, 2.75) is 7.59 Å². The third-order valence-electron chi connectivity index (χ3n) is 2.20. The molecule has 0 bridgehead atoms. The Balaban J connectivity index is 0.000000360. The van der Waals surface area contributed by atoms with Crippen molar-refractivity contribution in [2.24, 2.45) is 0 Å². The maximum absolute atomic E-state index is 5.59. The summed E-state index contributed by atoms with van der Waals surface area (Å²) in [5, 5.41) is 0.194. The molecule has 0 nitrogen and oxygen atoms in total. The van der Waals surface area contributed by atoms with Crippen LogP contribution in [0.15, 0.2) is 60.7 Å². The average molecular weight is 476 g/mol. The zero-order chi connectivity index (χ0) is 17.9. The Labute approximate surface area is 176 Å². The molecule has 2 aromatic carbocycles. The third-order valence-corrected chi connectivity index (χ3v) is 3.51. The molecular formula is C15H12Cl8. The summed E-state index contributed by atoms with van der Waals surface area (Å²) in [5.74, 6) is 0. The Hall–Kier alpha value is 0.760. The fraction of sp³-hybridized carbons (Fsp3) is 0.200. The molecule has 2 aromatic rings. The van der Waals surface area contributed by atoms with Crippen LogP contribution in [0.25, 0.3) is 0 Å². The van der Waals surface area contributed by atoms with Crippen molar-refractivity contribution in [3.05, 3.63) is 71.8 Å². The molecule has 0 aliphatic heterocycles. The van der Waals surface area contributed by atoms with Crippen LogP contribution in [0.4, 0.5) is 0 Å². The fourth-order valence-electron chi connectivity index (χ4n) is 1.25. The monoisotopic (exact) mass is 472 g/mol. The summed E-state index contributed by atoms with van der Waals surface area (Å²) in [4.78, 5) is 0. The lowest BCUT2D eigenvalue weighted by molar-refractivity contribution is 1.24. The summed E-state index contributed by atoms with van der Waals surface area (Å²) < 4.78 is -2.58. The Morgan fingerprint density at radius 1 is 0.522 bits per heavy atom. The van der Waals surface area contributed by atoms with Crippen molar-refractivity contribution in [1.29, 1.82) is 0 Å². The lowest BCUT2D eigenvalue weighted by Gasteiger charge is -2.09. The van der Waals surface area contributed by atoms with Crippen LogP contribution in [0.2, 0.25) is 0 Å². The number of hydrogen-bond acceptors (Lipinski definition) is 0. The molecule has 0 aromatic heterocycles. The first kappa shape index (κ1) is 23.8. The predicted octanol–water partition coefficient (Wildman–Crippen LogP) is 8.45. The van der Waals surface area contributed by atoms with Gasteiger partial charge in [0.2, 0.25) is 7.59 Å². The van der Waals surface area contributed by atoms with E-state index in [9.17, 15) is 0 Å². The van der Waals surface area contributed by atoms with E-state index in [0.717, 1.165) is 0 Å². The summed E-state index contributed by atoms with van der Waals surface area (Å²) >= 11 is 43.1. The number of rotatable bonds is 0. The second-order valence-electron chi connectivity index (χ2n) is 3.83. The van der Waals surface area contributed by atoms with Gasteiger partial charge >= 0.3 is 0 Å². The highest BCUT2D eigenvalue weighted by Gasteiger charge is 2.21. The molecule has 0 fully saturated rings. The summed E-state index contributed by atoms with van der Waals surface area (Å²) in [7, 11) is 0. The molecule has 0 aliphatic carbocycles. The number of benzene rings is 2. The van der Waals surface area contributed by atoms with Gasteiger partial charge in [-0.15, -0.1) is 23.2 Å². The summed E-state index contributed by atoms with van der Waals surface area (Å²) in [5.41, 5.74) is 1.39. The lowest BCUT2D eigenvalue weighted by atomic mass is 10.2. The molecule has 128 valence electrons. The van der Waals surface area contributed by atoms with Gasteiger partial charge in [0.25, 0.3) is 0 Å². The van der Waals surface area contributed by atoms with Crippen molar-refractivity contribution in [2.75, 3.05) is 5.34 Å². The SMILES string of the molecule is ClC(Cl)(Cl)c1ccccc1.ClC(Cl)(Cl)c1ccccc1.ClCCl. The maximum Gasteiger partial charge on any atom is 0.216 e. The number of halogens is 8. The smallest absolute Gasteiger partial charge is 0.109 e. The molecule has 0 atom stereocenters. The van der Waals surface area contributed by atoms with Gasteiger partial charge in [0.1, 0.15) is 0 Å². The zero-order valence-electron chi connectivity index (χ0n) is 11.5. The van der Waals surface area contributed by atoms with E-state index in [-0.39, 0.29) is 5.34 Å². The summed E-state index contributed by atoms with van der Waals surface area (Å²) in [6, 6.07) is 18.2. The molecule has 0 heterocycles. The Morgan fingerprint density at radius 3 is 0.870 bits per heavy atom. The Bertz CT molecular complexity index is 467. The van der Waals surface area contributed by atoms with Gasteiger partial charge in [-0.25, -0.2) is 0 Å². The van der Waals surface area contributed by atoms with E-state index in [0.29, 0.717) is 11.1 Å². The highest BCUT2D eigenvalue weighted by Crippen LogP contribution is 2.38. The van der Waals surface area contributed by atoms with Crippen LogP contribution in [0.5, 0.6) is 0 Å². The predicted molar refractivity (Wildman–Crippen MR) is 108 cm³/mol. The molecule has 0 unspecified atom stereocenters. The van der Waals surface area contributed by atoms with Crippen molar-refractivity contribution < 1.29 is 0 Å². The van der Waals surface area contributed by atoms with Gasteiger partial charge in [-0.05, 0) is 0 Å². The van der Waals surface area contributed by atoms with Crippen LogP contribution in [-0.4, -0.2) is 5.34 Å². The van der Waals surface area contributed by atoms with E-state index in [2.05, 4.69) is 0 Å². The largest absolute Gasteiger partial charge is 0.216 e. The van der Waals surface area contributed by atoms with Crippen LogP contribution >= 0.6 is 92.8 Å².